The van der Waals surface area contributed by atoms with E-state index in [-0.39, 0.29) is 0 Å². The van der Waals surface area contributed by atoms with Crippen LogP contribution < -0.4 is 10.1 Å². The number of rotatable bonds is 8. The normalized spacial score (nSPS) is 10.9. The van der Waals surface area contributed by atoms with E-state index in [1.807, 2.05) is 6.07 Å². The van der Waals surface area contributed by atoms with Crippen molar-refractivity contribution in [2.75, 3.05) is 34.3 Å². The lowest BCUT2D eigenvalue weighted by molar-refractivity contribution is 0.391. The predicted octanol–water partition coefficient (Wildman–Crippen LogP) is 2.44. The van der Waals surface area contributed by atoms with E-state index in [1.54, 1.807) is 7.11 Å². The molecule has 0 fully saturated rings. The van der Waals surface area contributed by atoms with Gasteiger partial charge in [-0.3, -0.25) is 0 Å². The molecule has 1 rings (SSSR count). The van der Waals surface area contributed by atoms with Crippen LogP contribution in [-0.2, 0) is 6.54 Å². The molecule has 3 heteroatoms. The first kappa shape index (κ1) is 15.0. The zero-order valence-corrected chi connectivity index (χ0v) is 12.1. The number of methoxy groups -OCH3 is 1. The van der Waals surface area contributed by atoms with Gasteiger partial charge in [-0.05, 0) is 64.1 Å². The molecule has 0 radical (unpaired) electrons. The van der Waals surface area contributed by atoms with Crippen LogP contribution in [0.25, 0.3) is 0 Å². The molecule has 0 amide bonds. The molecule has 18 heavy (non-hydrogen) atoms. The smallest absolute Gasteiger partial charge is 0.121 e. The van der Waals surface area contributed by atoms with Gasteiger partial charge in [0, 0.05) is 6.54 Å². The van der Waals surface area contributed by atoms with E-state index in [0.29, 0.717) is 0 Å². The summed E-state index contributed by atoms with van der Waals surface area (Å²) in [5.41, 5.74) is 2.52. The van der Waals surface area contributed by atoms with E-state index in [2.05, 4.69) is 43.4 Å². The van der Waals surface area contributed by atoms with E-state index in [4.69, 9.17) is 4.74 Å². The molecule has 3 nitrogen and oxygen atoms in total. The van der Waals surface area contributed by atoms with Gasteiger partial charge in [-0.2, -0.15) is 0 Å². The van der Waals surface area contributed by atoms with Crippen molar-refractivity contribution in [3.63, 3.8) is 0 Å². The minimum atomic E-state index is 0.937. The van der Waals surface area contributed by atoms with E-state index in [0.717, 1.165) is 18.8 Å². The van der Waals surface area contributed by atoms with Gasteiger partial charge in [0.15, 0.2) is 0 Å². The maximum absolute atomic E-state index is 5.25. The van der Waals surface area contributed by atoms with Crippen LogP contribution >= 0.6 is 0 Å². The van der Waals surface area contributed by atoms with Crippen molar-refractivity contribution < 1.29 is 4.74 Å². The van der Waals surface area contributed by atoms with E-state index in [1.165, 1.54) is 30.5 Å². The predicted molar refractivity (Wildman–Crippen MR) is 77.2 cm³/mol. The van der Waals surface area contributed by atoms with Crippen molar-refractivity contribution in [3.05, 3.63) is 29.3 Å². The Morgan fingerprint density at radius 1 is 1.22 bits per heavy atom. The van der Waals surface area contributed by atoms with Gasteiger partial charge >= 0.3 is 0 Å². The van der Waals surface area contributed by atoms with Gasteiger partial charge in [0.2, 0.25) is 0 Å². The summed E-state index contributed by atoms with van der Waals surface area (Å²) in [7, 11) is 5.95. The summed E-state index contributed by atoms with van der Waals surface area (Å²) >= 11 is 0. The maximum atomic E-state index is 5.25. The summed E-state index contributed by atoms with van der Waals surface area (Å²) in [6.45, 7) is 5.27. The molecule has 0 saturated heterocycles. The third-order valence-electron chi connectivity index (χ3n) is 3.00. The van der Waals surface area contributed by atoms with Crippen LogP contribution in [0.15, 0.2) is 18.2 Å². The highest BCUT2D eigenvalue weighted by Crippen LogP contribution is 2.18. The number of hydrogen-bond donors (Lipinski definition) is 1. The maximum Gasteiger partial charge on any atom is 0.121 e. The lowest BCUT2D eigenvalue weighted by Crippen LogP contribution is -2.18. The second kappa shape index (κ2) is 8.11. The van der Waals surface area contributed by atoms with Gasteiger partial charge in [0.05, 0.1) is 7.11 Å². The Kier molecular flexibility index (Phi) is 6.76. The van der Waals surface area contributed by atoms with Crippen molar-refractivity contribution >= 4 is 0 Å². The van der Waals surface area contributed by atoms with Crippen molar-refractivity contribution in [1.29, 1.82) is 0 Å². The molecule has 0 aromatic heterocycles. The third kappa shape index (κ3) is 5.52. The summed E-state index contributed by atoms with van der Waals surface area (Å²) in [5.74, 6) is 0.963. The van der Waals surface area contributed by atoms with Crippen LogP contribution in [0.3, 0.4) is 0 Å². The van der Waals surface area contributed by atoms with Gasteiger partial charge < -0.3 is 15.0 Å². The van der Waals surface area contributed by atoms with Gasteiger partial charge in [-0.25, -0.2) is 0 Å². The number of aryl methyl sites for hydroxylation is 1. The number of nitrogens with zero attached hydrogens (tertiary/aromatic N) is 1. The van der Waals surface area contributed by atoms with Crippen molar-refractivity contribution in [1.82, 2.24) is 10.2 Å². The van der Waals surface area contributed by atoms with Crippen molar-refractivity contribution in [2.24, 2.45) is 0 Å². The highest BCUT2D eigenvalue weighted by atomic mass is 16.5. The molecule has 0 heterocycles. The quantitative estimate of drug-likeness (QED) is 0.717. The number of unbranched alkanes of at least 4 members (excludes halogenated alkanes) is 1. The van der Waals surface area contributed by atoms with Crippen LogP contribution in [0.4, 0.5) is 0 Å². The van der Waals surface area contributed by atoms with Gasteiger partial charge in [-0.15, -0.1) is 0 Å². The minimum absolute atomic E-state index is 0.937. The second-order valence-corrected chi connectivity index (χ2v) is 4.99. The SMILES string of the molecule is COc1ccc(CNCCCCN(C)C)cc1C. The molecule has 0 bridgehead atoms. The molecular weight excluding hydrogens is 224 g/mol. The average molecular weight is 250 g/mol. The first-order valence-electron chi connectivity index (χ1n) is 6.62. The highest BCUT2D eigenvalue weighted by molar-refractivity contribution is 5.36. The summed E-state index contributed by atoms with van der Waals surface area (Å²) < 4.78 is 5.25. The fourth-order valence-electron chi connectivity index (χ4n) is 1.96. The molecule has 1 aromatic carbocycles. The molecule has 0 aliphatic carbocycles. The van der Waals surface area contributed by atoms with E-state index in [9.17, 15) is 0 Å². The van der Waals surface area contributed by atoms with Crippen LogP contribution in [-0.4, -0.2) is 39.2 Å². The van der Waals surface area contributed by atoms with Crippen LogP contribution in [0.2, 0.25) is 0 Å². The molecule has 0 unspecified atom stereocenters. The molecule has 0 atom stereocenters. The Morgan fingerprint density at radius 3 is 2.61 bits per heavy atom. The third-order valence-corrected chi connectivity index (χ3v) is 3.00. The monoisotopic (exact) mass is 250 g/mol. The minimum Gasteiger partial charge on any atom is -0.496 e. The molecular formula is C15H26N2O. The van der Waals surface area contributed by atoms with E-state index < -0.39 is 0 Å². The van der Waals surface area contributed by atoms with Gasteiger partial charge in [0.1, 0.15) is 5.75 Å². The average Bonchev–Trinajstić information content (AvgIpc) is 2.33. The second-order valence-electron chi connectivity index (χ2n) is 4.99. The Morgan fingerprint density at radius 2 is 2.00 bits per heavy atom. The first-order chi connectivity index (χ1) is 8.63. The van der Waals surface area contributed by atoms with E-state index >= 15 is 0 Å². The number of benzene rings is 1. The molecule has 0 spiro atoms. The molecule has 0 aliphatic heterocycles. The Labute approximate surface area is 111 Å². The van der Waals surface area contributed by atoms with Crippen LogP contribution in [0.5, 0.6) is 5.75 Å². The standard InChI is InChI=1S/C15H26N2O/c1-13-11-14(7-8-15(13)18-4)12-16-9-5-6-10-17(2)3/h7-8,11,16H,5-6,9-10,12H2,1-4H3. The Bertz CT molecular complexity index is 350. The van der Waals surface area contributed by atoms with Crippen molar-refractivity contribution in [2.45, 2.75) is 26.3 Å². The Hall–Kier alpha value is -1.06. The topological polar surface area (TPSA) is 24.5 Å². The van der Waals surface area contributed by atoms with Crippen LogP contribution in [0, 0.1) is 6.92 Å². The summed E-state index contributed by atoms with van der Waals surface area (Å²) in [5, 5.41) is 3.48. The molecule has 1 N–H and O–H groups in total. The summed E-state index contributed by atoms with van der Waals surface area (Å²) in [6, 6.07) is 6.35. The highest BCUT2D eigenvalue weighted by Gasteiger charge is 1.99. The fraction of sp³-hybridized carbons (Fsp3) is 0.600. The zero-order valence-electron chi connectivity index (χ0n) is 12.1. The largest absolute Gasteiger partial charge is 0.496 e. The Balaban J connectivity index is 2.21. The molecule has 0 aliphatic rings. The van der Waals surface area contributed by atoms with Crippen molar-refractivity contribution in [3.8, 4) is 5.75 Å². The molecule has 0 saturated carbocycles. The van der Waals surface area contributed by atoms with Gasteiger partial charge in [-0.1, -0.05) is 12.1 Å². The summed E-state index contributed by atoms with van der Waals surface area (Å²) in [6.07, 6.45) is 2.48. The fourth-order valence-corrected chi connectivity index (χ4v) is 1.96. The zero-order chi connectivity index (χ0) is 13.4. The number of ether oxygens (including phenoxy) is 1. The lowest BCUT2D eigenvalue weighted by Gasteiger charge is -2.10. The molecule has 1 aromatic rings. The number of nitrogens with one attached hydrogen (secondary N) is 1. The lowest BCUT2D eigenvalue weighted by atomic mass is 10.1. The molecule has 102 valence electrons. The number of hydrogen-bond acceptors (Lipinski definition) is 3. The first-order valence-corrected chi connectivity index (χ1v) is 6.62. The summed E-state index contributed by atoms with van der Waals surface area (Å²) in [4.78, 5) is 2.23. The van der Waals surface area contributed by atoms with Gasteiger partial charge in [0.25, 0.3) is 0 Å². The van der Waals surface area contributed by atoms with Crippen LogP contribution in [0.1, 0.15) is 24.0 Å².